The van der Waals surface area contributed by atoms with Gasteiger partial charge in [-0.25, -0.2) is 0 Å². The third-order valence-electron chi connectivity index (χ3n) is 3.94. The van der Waals surface area contributed by atoms with Crippen molar-refractivity contribution in [3.8, 4) is 5.75 Å². The van der Waals surface area contributed by atoms with Crippen LogP contribution in [0.3, 0.4) is 0 Å². The van der Waals surface area contributed by atoms with Gasteiger partial charge in [-0.1, -0.05) is 12.1 Å². The second kappa shape index (κ2) is 6.61. The Labute approximate surface area is 129 Å². The molecule has 1 amide bonds. The summed E-state index contributed by atoms with van der Waals surface area (Å²) in [5.74, 6) is 0.797. The summed E-state index contributed by atoms with van der Waals surface area (Å²) in [6.07, 6.45) is 2.90. The first-order chi connectivity index (χ1) is 9.50. The molecule has 1 fully saturated rings. The van der Waals surface area contributed by atoms with Gasteiger partial charge in [0.25, 0.3) is 5.91 Å². The normalized spacial score (nSPS) is 24.3. The van der Waals surface area contributed by atoms with E-state index in [9.17, 15) is 4.79 Å². The molecule has 0 N–H and O–H groups in total. The van der Waals surface area contributed by atoms with Crippen LogP contribution in [0.15, 0.2) is 28.7 Å². The Morgan fingerprint density at radius 1 is 1.30 bits per heavy atom. The SMILES string of the molecule is CC(Oc1ccccc1Br)C(=O)N1C(C)CCCC1C. The third-order valence-corrected chi connectivity index (χ3v) is 4.59. The van der Waals surface area contributed by atoms with Crippen LogP contribution >= 0.6 is 15.9 Å². The standard InChI is InChI=1S/C16H22BrNO2/c1-11-7-6-8-12(2)18(11)16(19)13(3)20-15-10-5-4-9-14(15)17/h4-5,9-13H,6-8H2,1-3H3. The van der Waals surface area contributed by atoms with Crippen molar-refractivity contribution < 1.29 is 9.53 Å². The van der Waals surface area contributed by atoms with Crippen LogP contribution in [0.25, 0.3) is 0 Å². The van der Waals surface area contributed by atoms with Gasteiger partial charge in [0.1, 0.15) is 5.75 Å². The number of benzene rings is 1. The molecule has 1 heterocycles. The Kier molecular flexibility index (Phi) is 5.08. The van der Waals surface area contributed by atoms with Crippen molar-refractivity contribution in [2.24, 2.45) is 0 Å². The quantitative estimate of drug-likeness (QED) is 0.832. The monoisotopic (exact) mass is 339 g/mol. The lowest BCUT2D eigenvalue weighted by molar-refractivity contribution is -0.144. The Morgan fingerprint density at radius 3 is 2.50 bits per heavy atom. The van der Waals surface area contributed by atoms with Gasteiger partial charge in [0.2, 0.25) is 0 Å². The third kappa shape index (κ3) is 3.35. The zero-order valence-electron chi connectivity index (χ0n) is 12.3. The van der Waals surface area contributed by atoms with Gasteiger partial charge in [-0.15, -0.1) is 0 Å². The minimum absolute atomic E-state index is 0.0838. The van der Waals surface area contributed by atoms with Crippen molar-refractivity contribution >= 4 is 21.8 Å². The summed E-state index contributed by atoms with van der Waals surface area (Å²) < 4.78 is 6.69. The van der Waals surface area contributed by atoms with E-state index >= 15 is 0 Å². The maximum atomic E-state index is 12.6. The molecule has 0 radical (unpaired) electrons. The molecule has 4 heteroatoms. The molecule has 1 saturated heterocycles. The first kappa shape index (κ1) is 15.4. The average molecular weight is 340 g/mol. The van der Waals surface area contributed by atoms with E-state index in [2.05, 4.69) is 29.8 Å². The predicted octanol–water partition coefficient (Wildman–Crippen LogP) is 4.01. The molecular formula is C16H22BrNO2. The summed E-state index contributed by atoms with van der Waals surface area (Å²) in [6.45, 7) is 6.08. The molecule has 0 aliphatic carbocycles. The van der Waals surface area contributed by atoms with Crippen LogP contribution in [-0.2, 0) is 4.79 Å². The van der Waals surface area contributed by atoms with E-state index in [1.54, 1.807) is 0 Å². The zero-order chi connectivity index (χ0) is 14.7. The molecule has 110 valence electrons. The Bertz CT molecular complexity index is 467. The van der Waals surface area contributed by atoms with E-state index in [1.807, 2.05) is 36.1 Å². The van der Waals surface area contributed by atoms with Crippen LogP contribution in [0.4, 0.5) is 0 Å². The second-order valence-corrected chi connectivity index (χ2v) is 6.42. The average Bonchev–Trinajstić information content (AvgIpc) is 2.41. The second-order valence-electron chi connectivity index (χ2n) is 5.56. The van der Waals surface area contributed by atoms with Gasteiger partial charge in [-0.2, -0.15) is 0 Å². The Balaban J connectivity index is 2.06. The summed E-state index contributed by atoms with van der Waals surface area (Å²) in [4.78, 5) is 14.6. The van der Waals surface area contributed by atoms with E-state index in [0.29, 0.717) is 17.8 Å². The largest absolute Gasteiger partial charge is 0.480 e. The van der Waals surface area contributed by atoms with Crippen molar-refractivity contribution in [2.45, 2.75) is 58.2 Å². The molecule has 0 spiro atoms. The number of rotatable bonds is 3. The zero-order valence-corrected chi connectivity index (χ0v) is 13.9. The highest BCUT2D eigenvalue weighted by molar-refractivity contribution is 9.10. The molecule has 1 aromatic rings. The van der Waals surface area contributed by atoms with Crippen molar-refractivity contribution in [3.05, 3.63) is 28.7 Å². The van der Waals surface area contributed by atoms with Crippen LogP contribution in [-0.4, -0.2) is 29.0 Å². The van der Waals surface area contributed by atoms with E-state index in [0.717, 1.165) is 17.3 Å². The van der Waals surface area contributed by atoms with Crippen LogP contribution in [0.2, 0.25) is 0 Å². The first-order valence-electron chi connectivity index (χ1n) is 7.24. The molecule has 1 aliphatic heterocycles. The van der Waals surface area contributed by atoms with Gasteiger partial charge in [0.15, 0.2) is 6.10 Å². The van der Waals surface area contributed by atoms with Gasteiger partial charge in [-0.05, 0) is 68.1 Å². The Morgan fingerprint density at radius 2 is 1.90 bits per heavy atom. The summed E-state index contributed by atoms with van der Waals surface area (Å²) >= 11 is 3.44. The smallest absolute Gasteiger partial charge is 0.263 e. The summed E-state index contributed by atoms with van der Waals surface area (Å²) in [5, 5.41) is 0. The number of hydrogen-bond donors (Lipinski definition) is 0. The van der Waals surface area contributed by atoms with Crippen LogP contribution < -0.4 is 4.74 Å². The van der Waals surface area contributed by atoms with E-state index < -0.39 is 6.10 Å². The first-order valence-corrected chi connectivity index (χ1v) is 8.03. The Hall–Kier alpha value is -1.03. The maximum absolute atomic E-state index is 12.6. The number of ether oxygens (including phenoxy) is 1. The van der Waals surface area contributed by atoms with Gasteiger partial charge < -0.3 is 9.64 Å². The van der Waals surface area contributed by atoms with Crippen molar-refractivity contribution in [2.75, 3.05) is 0 Å². The topological polar surface area (TPSA) is 29.5 Å². The summed E-state index contributed by atoms with van der Waals surface area (Å²) in [6, 6.07) is 8.23. The number of carbonyl (C=O) groups excluding carboxylic acids is 1. The highest BCUT2D eigenvalue weighted by Crippen LogP contribution is 2.27. The molecule has 0 bridgehead atoms. The molecule has 2 rings (SSSR count). The van der Waals surface area contributed by atoms with Crippen molar-refractivity contribution in [1.82, 2.24) is 4.90 Å². The number of nitrogens with zero attached hydrogens (tertiary/aromatic N) is 1. The fourth-order valence-corrected chi connectivity index (χ4v) is 3.23. The van der Waals surface area contributed by atoms with Crippen LogP contribution in [0.1, 0.15) is 40.0 Å². The number of halogens is 1. The highest BCUT2D eigenvalue weighted by Gasteiger charge is 2.32. The van der Waals surface area contributed by atoms with Gasteiger partial charge >= 0.3 is 0 Å². The molecule has 0 saturated carbocycles. The predicted molar refractivity (Wildman–Crippen MR) is 83.9 cm³/mol. The molecule has 1 aliphatic rings. The minimum atomic E-state index is -0.461. The minimum Gasteiger partial charge on any atom is -0.480 e. The van der Waals surface area contributed by atoms with Gasteiger partial charge in [0.05, 0.1) is 4.47 Å². The van der Waals surface area contributed by atoms with Crippen molar-refractivity contribution in [3.63, 3.8) is 0 Å². The maximum Gasteiger partial charge on any atom is 0.263 e. The molecule has 0 aromatic heterocycles. The van der Waals surface area contributed by atoms with E-state index in [-0.39, 0.29) is 5.91 Å². The fourth-order valence-electron chi connectivity index (χ4n) is 2.85. The number of carbonyl (C=O) groups is 1. The van der Waals surface area contributed by atoms with Gasteiger partial charge in [-0.3, -0.25) is 4.79 Å². The fraction of sp³-hybridized carbons (Fsp3) is 0.562. The van der Waals surface area contributed by atoms with Gasteiger partial charge in [0, 0.05) is 12.1 Å². The number of piperidine rings is 1. The van der Waals surface area contributed by atoms with Crippen molar-refractivity contribution in [1.29, 1.82) is 0 Å². The number of likely N-dealkylation sites (tertiary alicyclic amines) is 1. The van der Waals surface area contributed by atoms with E-state index in [4.69, 9.17) is 4.74 Å². The van der Waals surface area contributed by atoms with Crippen LogP contribution in [0.5, 0.6) is 5.75 Å². The molecule has 3 nitrogen and oxygen atoms in total. The summed E-state index contributed by atoms with van der Waals surface area (Å²) in [5.41, 5.74) is 0. The molecule has 3 unspecified atom stereocenters. The molecule has 3 atom stereocenters. The molecular weight excluding hydrogens is 318 g/mol. The highest BCUT2D eigenvalue weighted by atomic mass is 79.9. The lowest BCUT2D eigenvalue weighted by atomic mass is 9.97. The van der Waals surface area contributed by atoms with E-state index in [1.165, 1.54) is 6.42 Å². The number of hydrogen-bond acceptors (Lipinski definition) is 2. The molecule has 20 heavy (non-hydrogen) atoms. The molecule has 1 aromatic carbocycles. The number of amides is 1. The lowest BCUT2D eigenvalue weighted by Crippen LogP contribution is -2.51. The lowest BCUT2D eigenvalue weighted by Gasteiger charge is -2.40. The summed E-state index contributed by atoms with van der Waals surface area (Å²) in [7, 11) is 0. The number of para-hydroxylation sites is 1. The van der Waals surface area contributed by atoms with Crippen LogP contribution in [0, 0.1) is 0 Å².